The van der Waals surface area contributed by atoms with Gasteiger partial charge in [-0.05, 0) is 47.5 Å². The molecule has 0 bridgehead atoms. The first kappa shape index (κ1) is 15.3. The van der Waals surface area contributed by atoms with Crippen LogP contribution in [-0.4, -0.2) is 32.5 Å². The molecule has 7 heteroatoms. The van der Waals surface area contributed by atoms with Crippen molar-refractivity contribution in [1.82, 2.24) is 20.0 Å². The van der Waals surface area contributed by atoms with Gasteiger partial charge in [0.05, 0.1) is 5.69 Å². The number of hydrogen-bond donors (Lipinski definition) is 0. The minimum atomic E-state index is -0.0376. The minimum Gasteiger partial charge on any atom is -0.361 e. The molecule has 0 aliphatic carbocycles. The van der Waals surface area contributed by atoms with Crippen molar-refractivity contribution in [2.45, 2.75) is 26.8 Å². The summed E-state index contributed by atoms with van der Waals surface area (Å²) in [5.74, 6) is 0.525. The zero-order valence-corrected chi connectivity index (χ0v) is 14.9. The van der Waals surface area contributed by atoms with Gasteiger partial charge in [0.1, 0.15) is 11.3 Å². The molecule has 3 aromatic rings. The van der Waals surface area contributed by atoms with E-state index in [0.717, 1.165) is 33.2 Å². The van der Waals surface area contributed by atoms with E-state index in [0.29, 0.717) is 30.1 Å². The van der Waals surface area contributed by atoms with E-state index in [4.69, 9.17) is 4.52 Å². The number of fused-ring (bicyclic) bond motifs is 2. The van der Waals surface area contributed by atoms with Gasteiger partial charge in [-0.2, -0.15) is 0 Å². The normalized spacial score (nSPS) is 14.0. The van der Waals surface area contributed by atoms with Crippen LogP contribution >= 0.6 is 15.9 Å². The SMILES string of the molecule is Cc1noc(C)c1C(=O)N1CCc2nc3ncc(Br)cc3cc2C1. The van der Waals surface area contributed by atoms with Crippen LogP contribution in [0.25, 0.3) is 11.0 Å². The first-order valence-electron chi connectivity index (χ1n) is 7.69. The van der Waals surface area contributed by atoms with E-state index < -0.39 is 0 Å². The van der Waals surface area contributed by atoms with E-state index in [1.165, 1.54) is 0 Å². The van der Waals surface area contributed by atoms with Crippen LogP contribution in [0, 0.1) is 13.8 Å². The Morgan fingerprint density at radius 2 is 2.17 bits per heavy atom. The summed E-state index contributed by atoms with van der Waals surface area (Å²) in [4.78, 5) is 23.6. The second-order valence-electron chi connectivity index (χ2n) is 5.97. The number of rotatable bonds is 1. The first-order chi connectivity index (χ1) is 11.5. The van der Waals surface area contributed by atoms with Crippen LogP contribution < -0.4 is 0 Å². The molecule has 0 spiro atoms. The van der Waals surface area contributed by atoms with E-state index in [1.54, 1.807) is 20.0 Å². The molecular formula is C17H15BrN4O2. The Balaban J connectivity index is 1.69. The van der Waals surface area contributed by atoms with Gasteiger partial charge in [0.15, 0.2) is 5.65 Å². The van der Waals surface area contributed by atoms with Crippen LogP contribution in [0.5, 0.6) is 0 Å². The summed E-state index contributed by atoms with van der Waals surface area (Å²) in [6.45, 7) is 4.72. The molecule has 1 amide bonds. The van der Waals surface area contributed by atoms with Gasteiger partial charge >= 0.3 is 0 Å². The summed E-state index contributed by atoms with van der Waals surface area (Å²) in [5.41, 5.74) is 4.01. The molecule has 0 N–H and O–H groups in total. The molecule has 0 radical (unpaired) electrons. The van der Waals surface area contributed by atoms with Crippen molar-refractivity contribution in [3.05, 3.63) is 51.1 Å². The number of halogens is 1. The van der Waals surface area contributed by atoms with Gasteiger partial charge < -0.3 is 9.42 Å². The smallest absolute Gasteiger partial charge is 0.259 e. The maximum atomic E-state index is 12.8. The Labute approximate surface area is 147 Å². The number of carbonyl (C=O) groups is 1. The Bertz CT molecular complexity index is 947. The van der Waals surface area contributed by atoms with Gasteiger partial charge in [-0.3, -0.25) is 4.79 Å². The van der Waals surface area contributed by atoms with Crippen LogP contribution in [-0.2, 0) is 13.0 Å². The van der Waals surface area contributed by atoms with E-state index in [9.17, 15) is 4.79 Å². The van der Waals surface area contributed by atoms with Crippen LogP contribution in [0.15, 0.2) is 27.3 Å². The summed E-state index contributed by atoms with van der Waals surface area (Å²) in [6, 6.07) is 4.06. The molecule has 0 aromatic carbocycles. The van der Waals surface area contributed by atoms with Gasteiger partial charge in [-0.15, -0.1) is 0 Å². The number of aromatic nitrogens is 3. The predicted octanol–water partition coefficient (Wildman–Crippen LogP) is 3.20. The lowest BCUT2D eigenvalue weighted by Gasteiger charge is -2.28. The highest BCUT2D eigenvalue weighted by Gasteiger charge is 2.27. The van der Waals surface area contributed by atoms with E-state index >= 15 is 0 Å². The van der Waals surface area contributed by atoms with E-state index in [-0.39, 0.29) is 5.91 Å². The number of aryl methyl sites for hydroxylation is 2. The van der Waals surface area contributed by atoms with E-state index in [2.05, 4.69) is 37.1 Å². The Morgan fingerprint density at radius 1 is 1.33 bits per heavy atom. The molecule has 0 unspecified atom stereocenters. The third kappa shape index (κ3) is 2.49. The van der Waals surface area contributed by atoms with Crippen molar-refractivity contribution >= 4 is 32.9 Å². The van der Waals surface area contributed by atoms with Crippen molar-refractivity contribution in [2.75, 3.05) is 6.54 Å². The highest BCUT2D eigenvalue weighted by atomic mass is 79.9. The molecule has 4 rings (SSSR count). The molecule has 4 heterocycles. The number of pyridine rings is 2. The highest BCUT2D eigenvalue weighted by molar-refractivity contribution is 9.10. The third-order valence-corrected chi connectivity index (χ3v) is 4.75. The molecule has 122 valence electrons. The maximum Gasteiger partial charge on any atom is 0.259 e. The van der Waals surface area contributed by atoms with Crippen molar-refractivity contribution in [3.8, 4) is 0 Å². The lowest BCUT2D eigenvalue weighted by atomic mass is 10.0. The zero-order valence-electron chi connectivity index (χ0n) is 13.3. The molecule has 0 saturated carbocycles. The fourth-order valence-corrected chi connectivity index (χ4v) is 3.47. The van der Waals surface area contributed by atoms with E-state index in [1.807, 2.05) is 11.0 Å². The van der Waals surface area contributed by atoms with Crippen LogP contribution in [0.2, 0.25) is 0 Å². The number of nitrogens with zero attached hydrogens (tertiary/aromatic N) is 4. The largest absolute Gasteiger partial charge is 0.361 e. The zero-order chi connectivity index (χ0) is 16.8. The Kier molecular flexibility index (Phi) is 3.60. The second-order valence-corrected chi connectivity index (χ2v) is 6.89. The average Bonchev–Trinajstić information content (AvgIpc) is 2.90. The summed E-state index contributed by atoms with van der Waals surface area (Å²) in [7, 11) is 0. The molecule has 1 aliphatic rings. The Morgan fingerprint density at radius 3 is 2.92 bits per heavy atom. The van der Waals surface area contributed by atoms with Crippen molar-refractivity contribution in [2.24, 2.45) is 0 Å². The molecule has 0 saturated heterocycles. The molecular weight excluding hydrogens is 372 g/mol. The van der Waals surface area contributed by atoms with Gasteiger partial charge in [0.2, 0.25) is 0 Å². The number of carbonyl (C=O) groups excluding carboxylic acids is 1. The molecule has 0 atom stereocenters. The van der Waals surface area contributed by atoms with Gasteiger partial charge in [0.25, 0.3) is 5.91 Å². The van der Waals surface area contributed by atoms with Crippen molar-refractivity contribution < 1.29 is 9.32 Å². The van der Waals surface area contributed by atoms with Gasteiger partial charge in [-0.1, -0.05) is 5.16 Å². The first-order valence-corrected chi connectivity index (χ1v) is 8.48. The molecule has 6 nitrogen and oxygen atoms in total. The fraction of sp³-hybridized carbons (Fsp3) is 0.294. The highest BCUT2D eigenvalue weighted by Crippen LogP contribution is 2.25. The molecule has 24 heavy (non-hydrogen) atoms. The molecule has 3 aromatic heterocycles. The predicted molar refractivity (Wildman–Crippen MR) is 91.7 cm³/mol. The van der Waals surface area contributed by atoms with Crippen molar-refractivity contribution in [3.63, 3.8) is 0 Å². The van der Waals surface area contributed by atoms with Crippen molar-refractivity contribution in [1.29, 1.82) is 0 Å². The minimum absolute atomic E-state index is 0.0376. The standard InChI is InChI=1S/C17H15BrN4O2/c1-9-15(10(2)24-21-9)17(23)22-4-3-14-12(8-22)5-11-6-13(18)7-19-16(11)20-14/h5-7H,3-4,8H2,1-2H3. The quantitative estimate of drug-likeness (QED) is 0.641. The third-order valence-electron chi connectivity index (χ3n) is 4.32. The van der Waals surface area contributed by atoms with Crippen LogP contribution in [0.4, 0.5) is 0 Å². The monoisotopic (exact) mass is 386 g/mol. The average molecular weight is 387 g/mol. The molecule has 1 aliphatic heterocycles. The van der Waals surface area contributed by atoms with Crippen LogP contribution in [0.1, 0.15) is 33.1 Å². The molecule has 0 fully saturated rings. The second kappa shape index (κ2) is 5.66. The van der Waals surface area contributed by atoms with Gasteiger partial charge in [0, 0.05) is 41.3 Å². The lowest BCUT2D eigenvalue weighted by Crippen LogP contribution is -2.36. The fourth-order valence-electron chi connectivity index (χ4n) is 3.12. The van der Waals surface area contributed by atoms with Crippen LogP contribution in [0.3, 0.4) is 0 Å². The lowest BCUT2D eigenvalue weighted by molar-refractivity contribution is 0.0731. The van der Waals surface area contributed by atoms with Gasteiger partial charge in [-0.25, -0.2) is 9.97 Å². The number of amides is 1. The Hall–Kier alpha value is -2.28. The topological polar surface area (TPSA) is 72.1 Å². The summed E-state index contributed by atoms with van der Waals surface area (Å²) in [5, 5.41) is 4.85. The number of hydrogen-bond acceptors (Lipinski definition) is 5. The summed E-state index contributed by atoms with van der Waals surface area (Å²) in [6.07, 6.45) is 2.47. The maximum absolute atomic E-state index is 12.8. The summed E-state index contributed by atoms with van der Waals surface area (Å²) < 4.78 is 6.04. The summed E-state index contributed by atoms with van der Waals surface area (Å²) >= 11 is 3.43.